The van der Waals surface area contributed by atoms with Crippen molar-refractivity contribution < 1.29 is 22.8 Å². The normalized spacial score (nSPS) is 18.3. The Bertz CT molecular complexity index is 1330. The number of anilines is 1. The third-order valence-corrected chi connectivity index (χ3v) is 8.60. The molecule has 2 amide bonds. The minimum atomic E-state index is -4.54. The Kier molecular flexibility index (Phi) is 7.30. The Morgan fingerprint density at radius 3 is 2.61 bits per heavy atom. The molecular weight excluding hydrogens is 515 g/mol. The number of likely N-dealkylation sites (N-methyl/N-ethyl adjacent to an activating group) is 1. The van der Waals surface area contributed by atoms with Crippen LogP contribution in [0.5, 0.6) is 0 Å². The predicted molar refractivity (Wildman–Crippen MR) is 138 cm³/mol. The van der Waals surface area contributed by atoms with Gasteiger partial charge in [-0.3, -0.25) is 19.2 Å². The first-order valence-corrected chi connectivity index (χ1v) is 13.7. The molecule has 1 fully saturated rings. The van der Waals surface area contributed by atoms with Gasteiger partial charge in [0.1, 0.15) is 12.4 Å². The summed E-state index contributed by atoms with van der Waals surface area (Å²) in [4.78, 5) is 34.2. The molecule has 1 aromatic carbocycles. The molecule has 0 saturated carbocycles. The molecule has 1 aliphatic carbocycles. The molecule has 0 radical (unpaired) electrons. The van der Waals surface area contributed by atoms with E-state index in [9.17, 15) is 22.8 Å². The molecule has 0 spiro atoms. The number of thiazole rings is 1. The molecule has 11 heteroatoms. The van der Waals surface area contributed by atoms with Gasteiger partial charge in [0.2, 0.25) is 11.8 Å². The number of hydrogen-bond acceptors (Lipinski definition) is 5. The largest absolute Gasteiger partial charge is 0.435 e. The first-order valence-electron chi connectivity index (χ1n) is 12.8. The molecule has 2 aromatic heterocycles. The third kappa shape index (κ3) is 5.34. The van der Waals surface area contributed by atoms with Gasteiger partial charge in [-0.2, -0.15) is 18.3 Å². The second-order valence-electron chi connectivity index (χ2n) is 10.1. The molecule has 7 nitrogen and oxygen atoms in total. The Hall–Kier alpha value is -3.21. The minimum Gasteiger partial charge on any atom is -0.341 e. The third-order valence-electron chi connectivity index (χ3n) is 7.61. The van der Waals surface area contributed by atoms with Crippen LogP contribution < -0.4 is 4.90 Å². The van der Waals surface area contributed by atoms with Gasteiger partial charge in [-0.15, -0.1) is 11.3 Å². The quantitative estimate of drug-likeness (QED) is 0.444. The number of likely N-dealkylation sites (tertiary alicyclic amines) is 1. The lowest BCUT2D eigenvalue weighted by Gasteiger charge is -2.31. The van der Waals surface area contributed by atoms with E-state index in [0.29, 0.717) is 37.4 Å². The molecule has 1 atom stereocenters. The number of carbonyl (C=O) groups excluding carboxylic acids is 2. The van der Waals surface area contributed by atoms with Crippen molar-refractivity contribution in [3.8, 4) is 0 Å². The average Bonchev–Trinajstić information content (AvgIpc) is 3.55. The summed E-state index contributed by atoms with van der Waals surface area (Å²) < 4.78 is 39.9. The maximum atomic E-state index is 13.4. The average molecular weight is 546 g/mol. The lowest BCUT2D eigenvalue weighted by molar-refractivity contribution is -0.142. The van der Waals surface area contributed by atoms with Crippen LogP contribution in [0.25, 0.3) is 0 Å². The van der Waals surface area contributed by atoms with Crippen LogP contribution in [0.2, 0.25) is 0 Å². The summed E-state index contributed by atoms with van der Waals surface area (Å²) in [5, 5.41) is 6.42. The van der Waals surface area contributed by atoms with Gasteiger partial charge in [-0.25, -0.2) is 4.98 Å². The molecule has 202 valence electrons. The maximum absolute atomic E-state index is 13.4. The van der Waals surface area contributed by atoms with E-state index in [4.69, 9.17) is 4.98 Å². The predicted octanol–water partition coefficient (Wildman–Crippen LogP) is 5.16. The zero-order valence-electron chi connectivity index (χ0n) is 21.4. The number of nitrogens with zero attached hydrogens (tertiary/aromatic N) is 5. The van der Waals surface area contributed by atoms with Crippen LogP contribution in [-0.2, 0) is 28.7 Å². The highest BCUT2D eigenvalue weighted by Crippen LogP contribution is 2.36. The number of rotatable bonds is 5. The van der Waals surface area contributed by atoms with E-state index in [-0.39, 0.29) is 30.2 Å². The van der Waals surface area contributed by atoms with E-state index in [1.54, 1.807) is 16.8 Å². The molecule has 38 heavy (non-hydrogen) atoms. The lowest BCUT2D eigenvalue weighted by atomic mass is 9.82. The van der Waals surface area contributed by atoms with Crippen LogP contribution in [-0.4, -0.2) is 51.6 Å². The van der Waals surface area contributed by atoms with E-state index >= 15 is 0 Å². The smallest absolute Gasteiger partial charge is 0.341 e. The lowest BCUT2D eigenvalue weighted by Crippen LogP contribution is -2.40. The van der Waals surface area contributed by atoms with Crippen molar-refractivity contribution in [3.05, 3.63) is 63.2 Å². The molecule has 3 aromatic rings. The second-order valence-corrected chi connectivity index (χ2v) is 11.0. The van der Waals surface area contributed by atoms with Crippen LogP contribution in [0.15, 0.2) is 35.7 Å². The van der Waals surface area contributed by atoms with Crippen molar-refractivity contribution in [2.24, 2.45) is 0 Å². The van der Waals surface area contributed by atoms with E-state index in [2.05, 4.69) is 17.2 Å². The van der Waals surface area contributed by atoms with Crippen molar-refractivity contribution in [2.75, 3.05) is 25.0 Å². The summed E-state index contributed by atoms with van der Waals surface area (Å²) in [7, 11) is 1.78. The number of fused-ring (bicyclic) bond motifs is 1. The summed E-state index contributed by atoms with van der Waals surface area (Å²) in [5.41, 5.74) is 1.67. The molecule has 1 unspecified atom stereocenters. The zero-order chi connectivity index (χ0) is 27.0. The molecule has 2 aliphatic rings. The van der Waals surface area contributed by atoms with Crippen LogP contribution in [0.4, 0.5) is 19.0 Å². The van der Waals surface area contributed by atoms with Crippen molar-refractivity contribution in [2.45, 2.75) is 63.6 Å². The zero-order valence-corrected chi connectivity index (χ0v) is 22.2. The first-order chi connectivity index (χ1) is 18.1. The topological polar surface area (TPSA) is 71.3 Å². The van der Waals surface area contributed by atoms with E-state index in [1.807, 2.05) is 17.5 Å². The fraction of sp³-hybridized carbons (Fsp3) is 0.481. The Labute approximate surface area is 223 Å². The number of aromatic nitrogens is 3. The van der Waals surface area contributed by atoms with E-state index < -0.39 is 11.9 Å². The summed E-state index contributed by atoms with van der Waals surface area (Å²) in [6, 6.07) is 9.11. The van der Waals surface area contributed by atoms with Crippen molar-refractivity contribution in [1.29, 1.82) is 0 Å². The monoisotopic (exact) mass is 545 g/mol. The highest BCUT2D eigenvalue weighted by atomic mass is 32.1. The Morgan fingerprint density at radius 1 is 1.16 bits per heavy atom. The number of piperidine rings is 1. The fourth-order valence-corrected chi connectivity index (χ4v) is 6.40. The van der Waals surface area contributed by atoms with Crippen molar-refractivity contribution in [3.63, 3.8) is 0 Å². The van der Waals surface area contributed by atoms with Crippen molar-refractivity contribution >= 4 is 29.0 Å². The van der Waals surface area contributed by atoms with Crippen LogP contribution >= 0.6 is 11.3 Å². The van der Waals surface area contributed by atoms with Gasteiger partial charge in [-0.1, -0.05) is 24.3 Å². The molecule has 1 aliphatic heterocycles. The van der Waals surface area contributed by atoms with Gasteiger partial charge in [0.05, 0.1) is 10.9 Å². The highest BCUT2D eigenvalue weighted by molar-refractivity contribution is 7.10. The Balaban J connectivity index is 1.18. The molecule has 1 saturated heterocycles. The first kappa shape index (κ1) is 26.4. The standard InChI is InChI=1S/C27H30F3N5O2S/c1-17-14-22(27(28,29)30)32-35(17)15-24(36)34-12-10-19(11-13-34)25-31-23(16-38-25)33(2)26(37)21-9-5-7-18-6-3-4-8-20(18)21/h3-4,6,8,14,16,19,21H,5,7,9-13,15H2,1-2H3. The maximum Gasteiger partial charge on any atom is 0.435 e. The second kappa shape index (κ2) is 10.5. The number of halogens is 3. The summed E-state index contributed by atoms with van der Waals surface area (Å²) in [6.07, 6.45) is -0.300. The molecule has 3 heterocycles. The number of hydrogen-bond donors (Lipinski definition) is 0. The van der Waals surface area contributed by atoms with Gasteiger partial charge in [-0.05, 0) is 56.2 Å². The summed E-state index contributed by atoms with van der Waals surface area (Å²) in [5.74, 6) is 0.458. The van der Waals surface area contributed by atoms with Gasteiger partial charge in [0.15, 0.2) is 5.69 Å². The van der Waals surface area contributed by atoms with Crippen LogP contribution in [0, 0.1) is 6.92 Å². The van der Waals surface area contributed by atoms with E-state index in [1.165, 1.54) is 23.8 Å². The minimum absolute atomic E-state index is 0.0528. The van der Waals surface area contributed by atoms with Gasteiger partial charge < -0.3 is 4.90 Å². The Morgan fingerprint density at radius 2 is 1.89 bits per heavy atom. The number of carbonyl (C=O) groups is 2. The molecule has 5 rings (SSSR count). The van der Waals surface area contributed by atoms with E-state index in [0.717, 1.165) is 40.6 Å². The van der Waals surface area contributed by atoms with Crippen molar-refractivity contribution in [1.82, 2.24) is 19.7 Å². The summed E-state index contributed by atoms with van der Waals surface area (Å²) >= 11 is 1.52. The highest BCUT2D eigenvalue weighted by Gasteiger charge is 2.35. The van der Waals surface area contributed by atoms with Gasteiger partial charge in [0.25, 0.3) is 0 Å². The SMILES string of the molecule is Cc1cc(C(F)(F)F)nn1CC(=O)N1CCC(c2nc(N(C)C(=O)C3CCCc4ccccc43)cs2)CC1. The number of alkyl halides is 3. The number of benzene rings is 1. The molecule has 0 N–H and O–H groups in total. The molecule has 0 bridgehead atoms. The van der Waals surface area contributed by atoms with Crippen LogP contribution in [0.3, 0.4) is 0 Å². The fourth-order valence-electron chi connectivity index (χ4n) is 5.39. The summed E-state index contributed by atoms with van der Waals surface area (Å²) in [6.45, 7) is 2.29. The van der Waals surface area contributed by atoms with Crippen LogP contribution in [0.1, 0.15) is 65.0 Å². The number of amides is 2. The van der Waals surface area contributed by atoms with Gasteiger partial charge in [0, 0.05) is 37.1 Å². The number of aryl methyl sites for hydroxylation is 2. The molecular formula is C27H30F3N5O2S. The van der Waals surface area contributed by atoms with Gasteiger partial charge >= 0.3 is 6.18 Å².